The van der Waals surface area contributed by atoms with Crippen molar-refractivity contribution in [1.29, 1.82) is 0 Å². The second kappa shape index (κ2) is 9.65. The van der Waals surface area contributed by atoms with Crippen molar-refractivity contribution < 1.29 is 22.7 Å². The van der Waals surface area contributed by atoms with E-state index in [-0.39, 0.29) is 18.1 Å². The van der Waals surface area contributed by atoms with E-state index in [1.807, 2.05) is 43.3 Å². The number of aryl methyl sites for hydroxylation is 1. The number of hydrogen-bond donors (Lipinski definition) is 0. The molecule has 3 aromatic carbocycles. The minimum atomic E-state index is -3.73. The molecule has 0 amide bonds. The molecule has 0 aromatic heterocycles. The van der Waals surface area contributed by atoms with Gasteiger partial charge in [0.2, 0.25) is 10.0 Å². The third kappa shape index (κ3) is 5.07. The molecule has 7 heteroatoms. The highest BCUT2D eigenvalue weighted by molar-refractivity contribution is 7.89. The summed E-state index contributed by atoms with van der Waals surface area (Å²) in [5.41, 5.74) is 2.41. The summed E-state index contributed by atoms with van der Waals surface area (Å²) >= 11 is 0. The molecule has 32 heavy (non-hydrogen) atoms. The SMILES string of the molecule is Cc1ccc(S(=O)(=O)N2[C@H](COCc3ccccc3)[C@@H]2COC(=O)c2ccccc2)cc1. The van der Waals surface area contributed by atoms with Crippen molar-refractivity contribution in [3.05, 3.63) is 102 Å². The lowest BCUT2D eigenvalue weighted by atomic mass is 10.2. The molecule has 3 aromatic rings. The first-order chi connectivity index (χ1) is 15.5. The molecule has 1 unspecified atom stereocenters. The molecule has 0 spiro atoms. The lowest BCUT2D eigenvalue weighted by Crippen LogP contribution is -2.19. The Morgan fingerprint density at radius 2 is 1.44 bits per heavy atom. The van der Waals surface area contributed by atoms with E-state index in [0.717, 1.165) is 11.1 Å². The van der Waals surface area contributed by atoms with Gasteiger partial charge in [0.15, 0.2) is 0 Å². The summed E-state index contributed by atoms with van der Waals surface area (Å²) in [5, 5.41) is 0. The number of sulfonamides is 1. The van der Waals surface area contributed by atoms with E-state index in [2.05, 4.69) is 0 Å². The van der Waals surface area contributed by atoms with Gasteiger partial charge in [-0.2, -0.15) is 4.31 Å². The van der Waals surface area contributed by atoms with Crippen LogP contribution in [0.3, 0.4) is 0 Å². The molecule has 1 saturated heterocycles. The summed E-state index contributed by atoms with van der Waals surface area (Å²) < 4.78 is 39.0. The first-order valence-corrected chi connectivity index (χ1v) is 11.8. The Bertz CT molecular complexity index is 1150. The average molecular weight is 452 g/mol. The molecule has 1 aliphatic rings. The van der Waals surface area contributed by atoms with Crippen molar-refractivity contribution in [2.75, 3.05) is 13.2 Å². The van der Waals surface area contributed by atoms with Gasteiger partial charge in [-0.05, 0) is 36.8 Å². The van der Waals surface area contributed by atoms with Gasteiger partial charge in [-0.3, -0.25) is 0 Å². The first kappa shape index (κ1) is 22.2. The number of carbonyl (C=O) groups excluding carboxylic acids is 1. The Balaban J connectivity index is 1.44. The Morgan fingerprint density at radius 3 is 2.09 bits per heavy atom. The lowest BCUT2D eigenvalue weighted by Gasteiger charge is -2.08. The normalized spacial score (nSPS) is 20.0. The Kier molecular flexibility index (Phi) is 6.69. The zero-order chi connectivity index (χ0) is 22.6. The minimum absolute atomic E-state index is 0.0296. The van der Waals surface area contributed by atoms with E-state index in [4.69, 9.17) is 9.47 Å². The van der Waals surface area contributed by atoms with E-state index >= 15 is 0 Å². The molecule has 1 heterocycles. The topological polar surface area (TPSA) is 72.7 Å². The van der Waals surface area contributed by atoms with Crippen LogP contribution >= 0.6 is 0 Å². The van der Waals surface area contributed by atoms with Crippen LogP contribution in [0.4, 0.5) is 0 Å². The van der Waals surface area contributed by atoms with Gasteiger partial charge in [-0.25, -0.2) is 13.2 Å². The van der Waals surface area contributed by atoms with E-state index in [0.29, 0.717) is 12.2 Å². The summed E-state index contributed by atoms with van der Waals surface area (Å²) in [6.07, 6.45) is 0. The number of benzene rings is 3. The van der Waals surface area contributed by atoms with E-state index in [1.165, 1.54) is 4.31 Å². The zero-order valence-electron chi connectivity index (χ0n) is 17.8. The van der Waals surface area contributed by atoms with Gasteiger partial charge < -0.3 is 9.47 Å². The summed E-state index contributed by atoms with van der Waals surface area (Å²) in [6.45, 7) is 2.47. The summed E-state index contributed by atoms with van der Waals surface area (Å²) in [5.74, 6) is -0.478. The molecule has 1 aliphatic heterocycles. The fourth-order valence-corrected chi connectivity index (χ4v) is 5.34. The molecule has 0 saturated carbocycles. The van der Waals surface area contributed by atoms with Crippen LogP contribution < -0.4 is 0 Å². The quantitative estimate of drug-likeness (QED) is 0.365. The van der Waals surface area contributed by atoms with Gasteiger partial charge in [0.05, 0.1) is 35.8 Å². The van der Waals surface area contributed by atoms with Crippen LogP contribution in [-0.2, 0) is 26.1 Å². The van der Waals surface area contributed by atoms with E-state index < -0.39 is 28.1 Å². The molecule has 6 nitrogen and oxygen atoms in total. The van der Waals surface area contributed by atoms with Crippen molar-refractivity contribution >= 4 is 16.0 Å². The second-order valence-electron chi connectivity index (χ2n) is 7.75. The molecule has 3 atom stereocenters. The van der Waals surface area contributed by atoms with Crippen molar-refractivity contribution in [1.82, 2.24) is 4.31 Å². The zero-order valence-corrected chi connectivity index (χ0v) is 18.6. The molecule has 4 rings (SSSR count). The highest BCUT2D eigenvalue weighted by Gasteiger charge is 2.56. The van der Waals surface area contributed by atoms with Gasteiger partial charge in [0.1, 0.15) is 6.61 Å². The van der Waals surface area contributed by atoms with Gasteiger partial charge in [0, 0.05) is 0 Å². The van der Waals surface area contributed by atoms with Gasteiger partial charge >= 0.3 is 5.97 Å². The maximum atomic E-state index is 13.2. The third-order valence-corrected chi connectivity index (χ3v) is 7.36. The van der Waals surface area contributed by atoms with Crippen molar-refractivity contribution in [2.24, 2.45) is 0 Å². The van der Waals surface area contributed by atoms with E-state index in [1.54, 1.807) is 48.5 Å². The summed E-state index contributed by atoms with van der Waals surface area (Å²) in [7, 11) is -3.73. The second-order valence-corrected chi connectivity index (χ2v) is 9.59. The molecule has 0 bridgehead atoms. The molecular weight excluding hydrogens is 426 g/mol. The fourth-order valence-electron chi connectivity index (χ4n) is 3.56. The molecule has 0 N–H and O–H groups in total. The maximum absolute atomic E-state index is 13.2. The molecular formula is C25H25NO5S. The predicted molar refractivity (Wildman–Crippen MR) is 121 cm³/mol. The van der Waals surface area contributed by atoms with Crippen LogP contribution in [0.25, 0.3) is 0 Å². The van der Waals surface area contributed by atoms with Gasteiger partial charge in [0.25, 0.3) is 0 Å². The monoisotopic (exact) mass is 451 g/mol. The highest BCUT2D eigenvalue weighted by Crippen LogP contribution is 2.36. The largest absolute Gasteiger partial charge is 0.460 e. The van der Waals surface area contributed by atoms with Gasteiger partial charge in [-0.15, -0.1) is 0 Å². The fraction of sp³-hybridized carbons (Fsp3) is 0.240. The Hall–Kier alpha value is -3.00. The third-order valence-electron chi connectivity index (χ3n) is 5.40. The Morgan fingerprint density at radius 1 is 0.844 bits per heavy atom. The molecule has 166 valence electrons. The lowest BCUT2D eigenvalue weighted by molar-refractivity contribution is 0.0495. The summed E-state index contributed by atoms with van der Waals surface area (Å²) in [4.78, 5) is 12.5. The predicted octanol–water partition coefficient (Wildman–Crippen LogP) is 3.81. The van der Waals surface area contributed by atoms with Crippen molar-refractivity contribution in [3.8, 4) is 0 Å². The molecule has 0 aliphatic carbocycles. The number of hydrogen-bond acceptors (Lipinski definition) is 5. The Labute approximate surface area is 188 Å². The molecule has 1 fully saturated rings. The first-order valence-electron chi connectivity index (χ1n) is 10.4. The number of ether oxygens (including phenoxy) is 2. The highest BCUT2D eigenvalue weighted by atomic mass is 32.2. The van der Waals surface area contributed by atoms with E-state index in [9.17, 15) is 13.2 Å². The average Bonchev–Trinajstić information content (AvgIpc) is 3.52. The molecule has 0 radical (unpaired) electrons. The van der Waals surface area contributed by atoms with Crippen LogP contribution in [0.15, 0.2) is 89.8 Å². The smallest absolute Gasteiger partial charge is 0.338 e. The summed E-state index contributed by atoms with van der Waals surface area (Å²) in [6, 6.07) is 24.2. The van der Waals surface area contributed by atoms with Crippen molar-refractivity contribution in [3.63, 3.8) is 0 Å². The van der Waals surface area contributed by atoms with Crippen LogP contribution in [0.5, 0.6) is 0 Å². The number of nitrogens with zero attached hydrogens (tertiary/aromatic N) is 1. The van der Waals surface area contributed by atoms with Crippen molar-refractivity contribution in [2.45, 2.75) is 30.5 Å². The van der Waals surface area contributed by atoms with Crippen LogP contribution in [0.1, 0.15) is 21.5 Å². The van der Waals surface area contributed by atoms with Crippen LogP contribution in [-0.4, -0.2) is 44.0 Å². The number of carbonyl (C=O) groups is 1. The minimum Gasteiger partial charge on any atom is -0.460 e. The van der Waals surface area contributed by atoms with Gasteiger partial charge in [-0.1, -0.05) is 66.2 Å². The number of rotatable bonds is 9. The standard InChI is InChI=1S/C25H25NO5S/c1-19-12-14-22(15-13-19)32(28,29)26-23(17-30-16-20-8-4-2-5-9-20)24(26)18-31-25(27)21-10-6-3-7-11-21/h2-15,23-24H,16-18H2,1H3/t23-,24+,26?/m1/s1. The van der Waals surface area contributed by atoms with Crippen LogP contribution in [0.2, 0.25) is 0 Å². The van der Waals surface area contributed by atoms with Crippen LogP contribution in [0, 0.1) is 6.92 Å². The number of esters is 1. The maximum Gasteiger partial charge on any atom is 0.338 e.